The Balaban J connectivity index is 2.73. The third kappa shape index (κ3) is 4.12. The molecule has 0 radical (unpaired) electrons. The molecule has 0 heterocycles. The van der Waals surface area contributed by atoms with Gasteiger partial charge in [-0.3, -0.25) is 5.01 Å². The van der Waals surface area contributed by atoms with E-state index in [0.29, 0.717) is 0 Å². The Kier molecular flexibility index (Phi) is 4.64. The van der Waals surface area contributed by atoms with Crippen LogP contribution in [0.5, 0.6) is 5.75 Å². The first-order valence-corrected chi connectivity index (χ1v) is 4.97. The summed E-state index contributed by atoms with van der Waals surface area (Å²) in [5, 5.41) is 1.81. The molecule has 0 aliphatic heterocycles. The Morgan fingerprint density at radius 3 is 2.56 bits per heavy atom. The van der Waals surface area contributed by atoms with Gasteiger partial charge in [-0.05, 0) is 24.6 Å². The zero-order chi connectivity index (χ0) is 12.1. The molecule has 1 atom stereocenters. The molecular formula is C11H16F2N2O. The van der Waals surface area contributed by atoms with E-state index in [0.717, 1.165) is 5.56 Å². The van der Waals surface area contributed by atoms with E-state index in [4.69, 9.17) is 0 Å². The Hall–Kier alpha value is -1.20. The van der Waals surface area contributed by atoms with Crippen LogP contribution in [0.15, 0.2) is 24.3 Å². The summed E-state index contributed by atoms with van der Waals surface area (Å²) in [5.41, 5.74) is 4.03. The third-order valence-corrected chi connectivity index (χ3v) is 2.04. The van der Waals surface area contributed by atoms with Gasteiger partial charge < -0.3 is 4.74 Å². The SMILES string of the molecule is CC(NN(C)C)c1cccc(OC(F)F)c1. The van der Waals surface area contributed by atoms with Gasteiger partial charge in [0.05, 0.1) is 0 Å². The topological polar surface area (TPSA) is 24.5 Å². The number of ether oxygens (including phenoxy) is 1. The van der Waals surface area contributed by atoms with Crippen LogP contribution in [0.3, 0.4) is 0 Å². The van der Waals surface area contributed by atoms with Gasteiger partial charge in [-0.25, -0.2) is 5.43 Å². The predicted molar refractivity (Wildman–Crippen MR) is 58.3 cm³/mol. The van der Waals surface area contributed by atoms with E-state index in [1.165, 1.54) is 6.07 Å². The van der Waals surface area contributed by atoms with Crippen molar-refractivity contribution in [2.24, 2.45) is 0 Å². The molecule has 0 aliphatic carbocycles. The molecule has 90 valence electrons. The Morgan fingerprint density at radius 2 is 2.00 bits per heavy atom. The van der Waals surface area contributed by atoms with E-state index in [1.54, 1.807) is 12.1 Å². The molecule has 0 amide bonds. The van der Waals surface area contributed by atoms with Crippen LogP contribution in [-0.4, -0.2) is 25.7 Å². The highest BCUT2D eigenvalue weighted by Crippen LogP contribution is 2.20. The van der Waals surface area contributed by atoms with E-state index in [9.17, 15) is 8.78 Å². The number of benzene rings is 1. The highest BCUT2D eigenvalue weighted by atomic mass is 19.3. The molecule has 1 unspecified atom stereocenters. The predicted octanol–water partition coefficient (Wildman–Crippen LogP) is 2.42. The van der Waals surface area contributed by atoms with Crippen molar-refractivity contribution in [2.75, 3.05) is 14.1 Å². The number of rotatable bonds is 5. The lowest BCUT2D eigenvalue weighted by atomic mass is 10.1. The molecule has 3 nitrogen and oxygen atoms in total. The van der Waals surface area contributed by atoms with Gasteiger partial charge >= 0.3 is 6.61 Å². The first-order valence-electron chi connectivity index (χ1n) is 4.97. The number of alkyl halides is 2. The largest absolute Gasteiger partial charge is 0.435 e. The minimum Gasteiger partial charge on any atom is -0.435 e. The summed E-state index contributed by atoms with van der Waals surface area (Å²) in [5.74, 6) is 0.180. The van der Waals surface area contributed by atoms with Gasteiger partial charge in [0.2, 0.25) is 0 Å². The smallest absolute Gasteiger partial charge is 0.387 e. The van der Waals surface area contributed by atoms with E-state index in [2.05, 4.69) is 10.2 Å². The summed E-state index contributed by atoms with van der Waals surface area (Å²) in [6.07, 6.45) is 0. The number of hydrogen-bond acceptors (Lipinski definition) is 3. The maximum atomic E-state index is 12.0. The summed E-state index contributed by atoms with van der Waals surface area (Å²) in [4.78, 5) is 0. The van der Waals surface area contributed by atoms with Gasteiger partial charge in [0, 0.05) is 20.1 Å². The quantitative estimate of drug-likeness (QED) is 0.786. The molecule has 1 aromatic rings. The lowest BCUT2D eigenvalue weighted by Crippen LogP contribution is -2.32. The van der Waals surface area contributed by atoms with Crippen LogP contribution in [0.2, 0.25) is 0 Å². The summed E-state index contributed by atoms with van der Waals surface area (Å²) in [6, 6.07) is 6.71. The average molecular weight is 230 g/mol. The Bertz CT molecular complexity index is 332. The van der Waals surface area contributed by atoms with Gasteiger partial charge in [0.25, 0.3) is 0 Å². The fraction of sp³-hybridized carbons (Fsp3) is 0.455. The summed E-state index contributed by atoms with van der Waals surface area (Å²) >= 11 is 0. The molecule has 0 fully saturated rings. The maximum Gasteiger partial charge on any atom is 0.387 e. The van der Waals surface area contributed by atoms with E-state index in [1.807, 2.05) is 32.1 Å². The summed E-state index contributed by atoms with van der Waals surface area (Å²) < 4.78 is 28.4. The lowest BCUT2D eigenvalue weighted by molar-refractivity contribution is -0.0499. The third-order valence-electron chi connectivity index (χ3n) is 2.04. The molecule has 0 bridgehead atoms. The Labute approximate surface area is 94.0 Å². The van der Waals surface area contributed by atoms with Gasteiger partial charge in [0.15, 0.2) is 0 Å². The Morgan fingerprint density at radius 1 is 1.31 bits per heavy atom. The molecule has 0 aliphatic rings. The van der Waals surface area contributed by atoms with Gasteiger partial charge in [-0.2, -0.15) is 8.78 Å². The van der Waals surface area contributed by atoms with Gasteiger partial charge in [-0.1, -0.05) is 12.1 Å². The van der Waals surface area contributed by atoms with E-state index >= 15 is 0 Å². The number of halogens is 2. The van der Waals surface area contributed by atoms with Gasteiger partial charge in [0.1, 0.15) is 5.75 Å². The molecule has 16 heavy (non-hydrogen) atoms. The fourth-order valence-corrected chi connectivity index (χ4v) is 1.42. The minimum atomic E-state index is -2.78. The second kappa shape index (κ2) is 5.77. The summed E-state index contributed by atoms with van der Waals surface area (Å²) in [7, 11) is 3.74. The zero-order valence-electron chi connectivity index (χ0n) is 9.58. The normalized spacial score (nSPS) is 13.2. The monoisotopic (exact) mass is 230 g/mol. The zero-order valence-corrected chi connectivity index (χ0v) is 9.58. The van der Waals surface area contributed by atoms with Crippen molar-refractivity contribution in [1.29, 1.82) is 0 Å². The van der Waals surface area contributed by atoms with Crippen LogP contribution < -0.4 is 10.2 Å². The van der Waals surface area contributed by atoms with Crippen LogP contribution in [0.25, 0.3) is 0 Å². The second-order valence-electron chi connectivity index (χ2n) is 3.70. The number of nitrogens with one attached hydrogen (secondary N) is 1. The lowest BCUT2D eigenvalue weighted by Gasteiger charge is -2.20. The van der Waals surface area contributed by atoms with Crippen molar-refractivity contribution < 1.29 is 13.5 Å². The van der Waals surface area contributed by atoms with Crippen LogP contribution in [0.1, 0.15) is 18.5 Å². The highest BCUT2D eigenvalue weighted by Gasteiger charge is 2.09. The van der Waals surface area contributed by atoms with Crippen LogP contribution >= 0.6 is 0 Å². The molecule has 1 aromatic carbocycles. The summed E-state index contributed by atoms with van der Waals surface area (Å²) in [6.45, 7) is -0.839. The second-order valence-corrected chi connectivity index (χ2v) is 3.70. The average Bonchev–Trinajstić information content (AvgIpc) is 2.16. The van der Waals surface area contributed by atoms with Crippen LogP contribution in [-0.2, 0) is 0 Å². The number of hydrazine groups is 1. The molecule has 1 N–H and O–H groups in total. The van der Waals surface area contributed by atoms with Crippen molar-refractivity contribution >= 4 is 0 Å². The molecule has 1 rings (SSSR count). The first kappa shape index (κ1) is 12.9. The molecule has 5 heteroatoms. The van der Waals surface area contributed by atoms with Crippen molar-refractivity contribution in [3.05, 3.63) is 29.8 Å². The highest BCUT2D eigenvalue weighted by molar-refractivity contribution is 5.30. The molecule has 0 aromatic heterocycles. The van der Waals surface area contributed by atoms with Crippen LogP contribution in [0, 0.1) is 0 Å². The number of hydrogen-bond donors (Lipinski definition) is 1. The van der Waals surface area contributed by atoms with Crippen molar-refractivity contribution in [1.82, 2.24) is 10.4 Å². The van der Waals surface area contributed by atoms with Crippen molar-refractivity contribution in [2.45, 2.75) is 19.6 Å². The fourth-order valence-electron chi connectivity index (χ4n) is 1.42. The van der Waals surface area contributed by atoms with E-state index in [-0.39, 0.29) is 11.8 Å². The molecule has 0 saturated heterocycles. The minimum absolute atomic E-state index is 0.0382. The van der Waals surface area contributed by atoms with Crippen LogP contribution in [0.4, 0.5) is 8.78 Å². The number of nitrogens with zero attached hydrogens (tertiary/aromatic N) is 1. The van der Waals surface area contributed by atoms with Gasteiger partial charge in [-0.15, -0.1) is 0 Å². The van der Waals surface area contributed by atoms with Crippen molar-refractivity contribution in [3.63, 3.8) is 0 Å². The van der Waals surface area contributed by atoms with Crippen molar-refractivity contribution in [3.8, 4) is 5.75 Å². The molecule has 0 spiro atoms. The molecular weight excluding hydrogens is 214 g/mol. The maximum absolute atomic E-state index is 12.0. The first-order chi connectivity index (χ1) is 7.49. The molecule has 0 saturated carbocycles. The van der Waals surface area contributed by atoms with E-state index < -0.39 is 6.61 Å². The standard InChI is InChI=1S/C11H16F2N2O/c1-8(14-15(2)3)9-5-4-6-10(7-9)16-11(12)13/h4-8,11,14H,1-3H3.